The van der Waals surface area contributed by atoms with Gasteiger partial charge < -0.3 is 0 Å². The molecular formula is C16H32OS. The van der Waals surface area contributed by atoms with Gasteiger partial charge in [0.05, 0.1) is 0 Å². The summed E-state index contributed by atoms with van der Waals surface area (Å²) >= 11 is 0. The van der Waals surface area contributed by atoms with Crippen molar-refractivity contribution in [1.29, 1.82) is 0 Å². The van der Waals surface area contributed by atoms with Crippen LogP contribution in [0.5, 0.6) is 0 Å². The van der Waals surface area contributed by atoms with E-state index < -0.39 is 10.8 Å². The van der Waals surface area contributed by atoms with Gasteiger partial charge in [0.1, 0.15) is 0 Å². The smallest absolute Gasteiger partial charge is 0.0381 e. The molecule has 0 aromatic rings. The largest absolute Gasteiger partial charge is 0.259 e. The second-order valence-electron chi connectivity index (χ2n) is 8.11. The fourth-order valence-electron chi connectivity index (χ4n) is 3.06. The Morgan fingerprint density at radius 3 is 2.06 bits per heavy atom. The monoisotopic (exact) mass is 272 g/mol. The first-order valence-corrected chi connectivity index (χ1v) is 8.81. The van der Waals surface area contributed by atoms with Crippen molar-refractivity contribution in [1.82, 2.24) is 0 Å². The minimum absolute atomic E-state index is 0.276. The fourth-order valence-corrected chi connectivity index (χ4v) is 5.05. The Morgan fingerprint density at radius 2 is 1.72 bits per heavy atom. The summed E-state index contributed by atoms with van der Waals surface area (Å²) in [6.45, 7) is 16.3. The molecule has 3 atom stereocenters. The topological polar surface area (TPSA) is 17.1 Å². The normalized spacial score (nSPS) is 27.8. The average Bonchev–Trinajstić information content (AvgIpc) is 2.59. The van der Waals surface area contributed by atoms with E-state index in [0.717, 1.165) is 12.2 Å². The van der Waals surface area contributed by atoms with Gasteiger partial charge in [-0.2, -0.15) is 0 Å². The minimum atomic E-state index is -0.588. The molecule has 18 heavy (non-hydrogen) atoms. The van der Waals surface area contributed by atoms with Crippen molar-refractivity contribution in [2.24, 2.45) is 22.7 Å². The van der Waals surface area contributed by atoms with E-state index >= 15 is 0 Å². The Bertz CT molecular complexity index is 299. The first-order chi connectivity index (χ1) is 8.05. The van der Waals surface area contributed by atoms with Crippen molar-refractivity contribution in [2.75, 3.05) is 5.75 Å². The highest BCUT2D eigenvalue weighted by atomic mass is 32.2. The van der Waals surface area contributed by atoms with Crippen LogP contribution in [0.2, 0.25) is 0 Å². The van der Waals surface area contributed by atoms with E-state index in [1.165, 1.54) is 12.8 Å². The third kappa shape index (κ3) is 3.82. The molecule has 1 saturated heterocycles. The average molecular weight is 272 g/mol. The molecule has 1 aliphatic heterocycles. The summed E-state index contributed by atoms with van der Waals surface area (Å²) in [6.07, 6.45) is 3.52. The van der Waals surface area contributed by atoms with Crippen molar-refractivity contribution in [2.45, 2.75) is 73.0 Å². The van der Waals surface area contributed by atoms with E-state index in [4.69, 9.17) is 0 Å². The zero-order valence-electron chi connectivity index (χ0n) is 13.4. The first kappa shape index (κ1) is 16.2. The molecule has 0 aliphatic carbocycles. The van der Waals surface area contributed by atoms with Crippen molar-refractivity contribution in [3.63, 3.8) is 0 Å². The Hall–Kier alpha value is 0.150. The van der Waals surface area contributed by atoms with Crippen LogP contribution in [0.1, 0.15) is 67.7 Å². The predicted octanol–water partition coefficient (Wildman–Crippen LogP) is 4.63. The maximum atomic E-state index is 12.3. The van der Waals surface area contributed by atoms with Crippen LogP contribution in [0.3, 0.4) is 0 Å². The third-order valence-corrected chi connectivity index (χ3v) is 6.83. The molecule has 0 aromatic carbocycles. The van der Waals surface area contributed by atoms with E-state index in [-0.39, 0.29) is 5.41 Å². The van der Waals surface area contributed by atoms with Crippen LogP contribution < -0.4 is 0 Å². The molecule has 1 nitrogen and oxygen atoms in total. The highest BCUT2D eigenvalue weighted by molar-refractivity contribution is 7.85. The zero-order chi connectivity index (χ0) is 14.1. The maximum absolute atomic E-state index is 12.3. The van der Waals surface area contributed by atoms with Crippen LogP contribution in [0, 0.1) is 22.7 Å². The number of hydrogen-bond acceptors (Lipinski definition) is 1. The van der Waals surface area contributed by atoms with Gasteiger partial charge >= 0.3 is 0 Å². The number of rotatable bonds is 4. The molecule has 0 amide bonds. The predicted molar refractivity (Wildman–Crippen MR) is 82.2 cm³/mol. The van der Waals surface area contributed by atoms with Gasteiger partial charge in [0, 0.05) is 21.8 Å². The van der Waals surface area contributed by atoms with E-state index in [1.54, 1.807) is 0 Å². The van der Waals surface area contributed by atoms with Gasteiger partial charge in [0.15, 0.2) is 0 Å². The van der Waals surface area contributed by atoms with E-state index in [2.05, 4.69) is 48.5 Å². The standard InChI is InChI=1S/C16H32OS/c1-12(2)16(6,7)13(11-15(3,4)5)14-9-8-10-18(14)17/h12-14H,8-11H2,1-7H3. The lowest BCUT2D eigenvalue weighted by atomic mass is 9.64. The summed E-state index contributed by atoms with van der Waals surface area (Å²) in [5.41, 5.74) is 0.599. The molecule has 0 aromatic heterocycles. The zero-order valence-corrected chi connectivity index (χ0v) is 14.2. The van der Waals surface area contributed by atoms with Gasteiger partial charge in [-0.1, -0.05) is 48.5 Å². The minimum Gasteiger partial charge on any atom is -0.259 e. The van der Waals surface area contributed by atoms with E-state index in [0.29, 0.717) is 22.5 Å². The van der Waals surface area contributed by atoms with Crippen LogP contribution >= 0.6 is 0 Å². The summed E-state index contributed by atoms with van der Waals surface area (Å²) in [4.78, 5) is 0. The van der Waals surface area contributed by atoms with Gasteiger partial charge in [0.2, 0.25) is 0 Å². The van der Waals surface area contributed by atoms with Gasteiger partial charge in [-0.25, -0.2) is 0 Å². The molecule has 1 fully saturated rings. The quantitative estimate of drug-likeness (QED) is 0.729. The van der Waals surface area contributed by atoms with Crippen LogP contribution in [0.15, 0.2) is 0 Å². The van der Waals surface area contributed by atoms with Crippen molar-refractivity contribution >= 4 is 10.8 Å². The molecule has 0 spiro atoms. The summed E-state index contributed by atoms with van der Waals surface area (Å²) in [5, 5.41) is 0.432. The first-order valence-electron chi connectivity index (χ1n) is 7.43. The van der Waals surface area contributed by atoms with Crippen LogP contribution in [-0.4, -0.2) is 15.2 Å². The molecule has 1 heterocycles. The van der Waals surface area contributed by atoms with Crippen molar-refractivity contribution in [3.8, 4) is 0 Å². The van der Waals surface area contributed by atoms with Gasteiger partial charge in [0.25, 0.3) is 0 Å². The molecule has 0 N–H and O–H groups in total. The summed E-state index contributed by atoms with van der Waals surface area (Å²) in [7, 11) is -0.588. The van der Waals surface area contributed by atoms with Gasteiger partial charge in [-0.3, -0.25) is 4.21 Å². The Morgan fingerprint density at radius 1 is 1.17 bits per heavy atom. The second kappa shape index (κ2) is 5.64. The third-order valence-electron chi connectivity index (χ3n) is 4.90. The molecule has 108 valence electrons. The van der Waals surface area contributed by atoms with Crippen LogP contribution in [0.4, 0.5) is 0 Å². The van der Waals surface area contributed by atoms with Gasteiger partial charge in [-0.05, 0) is 41.9 Å². The van der Waals surface area contributed by atoms with Crippen LogP contribution in [0.25, 0.3) is 0 Å². The molecule has 0 bridgehead atoms. The molecular weight excluding hydrogens is 240 g/mol. The van der Waals surface area contributed by atoms with E-state index in [9.17, 15) is 4.21 Å². The molecule has 0 radical (unpaired) electrons. The summed E-state index contributed by atoms with van der Waals surface area (Å²) in [5.74, 6) is 2.16. The highest BCUT2D eigenvalue weighted by Gasteiger charge is 2.43. The Balaban J connectivity index is 2.98. The molecule has 3 unspecified atom stereocenters. The molecule has 1 rings (SSSR count). The second-order valence-corrected chi connectivity index (χ2v) is 9.89. The summed E-state index contributed by atoms with van der Waals surface area (Å²) in [6, 6.07) is 0. The van der Waals surface area contributed by atoms with Crippen molar-refractivity contribution < 1.29 is 4.21 Å². The lowest BCUT2D eigenvalue weighted by Crippen LogP contribution is -2.40. The van der Waals surface area contributed by atoms with Crippen molar-refractivity contribution in [3.05, 3.63) is 0 Å². The number of hydrogen-bond donors (Lipinski definition) is 0. The SMILES string of the molecule is CC(C)C(C)(C)C(CC(C)(C)C)C1CCCS1=O. The molecule has 0 saturated carbocycles. The molecule has 2 heteroatoms. The Labute approximate surface area is 117 Å². The Kier molecular flexibility index (Phi) is 5.08. The van der Waals surface area contributed by atoms with Gasteiger partial charge in [-0.15, -0.1) is 0 Å². The summed E-state index contributed by atoms with van der Waals surface area (Å²) < 4.78 is 12.3. The fraction of sp³-hybridized carbons (Fsp3) is 1.00. The lowest BCUT2D eigenvalue weighted by molar-refractivity contribution is 0.0920. The van der Waals surface area contributed by atoms with E-state index in [1.807, 2.05) is 0 Å². The maximum Gasteiger partial charge on any atom is 0.0381 e. The lowest BCUT2D eigenvalue weighted by Gasteiger charge is -2.44. The van der Waals surface area contributed by atoms with Crippen LogP contribution in [-0.2, 0) is 10.8 Å². The molecule has 1 aliphatic rings. The highest BCUT2D eigenvalue weighted by Crippen LogP contribution is 2.46.